The number of ether oxygens (including phenoxy) is 1. The number of nitrogens with zero attached hydrogens (tertiary/aromatic N) is 2. The highest BCUT2D eigenvalue weighted by atomic mass is 79.9. The van der Waals surface area contributed by atoms with Gasteiger partial charge in [-0.05, 0) is 48.0 Å². The van der Waals surface area contributed by atoms with E-state index in [0.29, 0.717) is 27.6 Å². The van der Waals surface area contributed by atoms with Gasteiger partial charge in [0.15, 0.2) is 12.0 Å². The molecule has 0 bridgehead atoms. The lowest BCUT2D eigenvalue weighted by atomic mass is 10.2. The van der Waals surface area contributed by atoms with Gasteiger partial charge in [0.1, 0.15) is 5.75 Å². The summed E-state index contributed by atoms with van der Waals surface area (Å²) in [4.78, 5) is 10.7. The topological polar surface area (TPSA) is 44.1 Å². The summed E-state index contributed by atoms with van der Waals surface area (Å²) in [5.41, 5.74) is 0.597. The third-order valence-corrected chi connectivity index (χ3v) is 3.13. The van der Waals surface area contributed by atoms with Gasteiger partial charge in [-0.2, -0.15) is 5.10 Å². The van der Waals surface area contributed by atoms with Crippen molar-refractivity contribution in [1.82, 2.24) is 9.78 Å². The van der Waals surface area contributed by atoms with E-state index in [2.05, 4.69) is 21.0 Å². The minimum absolute atomic E-state index is 0.298. The van der Waals surface area contributed by atoms with Crippen LogP contribution < -0.4 is 4.74 Å². The fourth-order valence-corrected chi connectivity index (χ4v) is 1.91. The number of benzene rings is 1. The third-order valence-electron chi connectivity index (χ3n) is 2.44. The van der Waals surface area contributed by atoms with E-state index in [1.54, 1.807) is 24.4 Å². The molecule has 1 aromatic carbocycles. The second-order valence-corrected chi connectivity index (χ2v) is 5.01. The molecule has 5 heteroatoms. The Morgan fingerprint density at radius 1 is 1.39 bits per heavy atom. The second-order valence-electron chi connectivity index (χ2n) is 4.15. The zero-order valence-electron chi connectivity index (χ0n) is 10.1. The Bertz CT molecular complexity index is 564. The Labute approximate surface area is 114 Å². The Morgan fingerprint density at radius 2 is 2.17 bits per heavy atom. The van der Waals surface area contributed by atoms with Crippen LogP contribution in [0.2, 0.25) is 0 Å². The van der Waals surface area contributed by atoms with Gasteiger partial charge in [0.05, 0.1) is 12.4 Å². The van der Waals surface area contributed by atoms with E-state index in [4.69, 9.17) is 4.74 Å². The molecule has 0 saturated carbocycles. The number of aromatic nitrogens is 2. The summed E-state index contributed by atoms with van der Waals surface area (Å²) in [5.74, 6) is 1.34. The smallest absolute Gasteiger partial charge is 0.165 e. The lowest BCUT2D eigenvalue weighted by Crippen LogP contribution is -1.99. The number of carbonyl (C=O) groups excluding carboxylic acids is 1. The van der Waals surface area contributed by atoms with Gasteiger partial charge >= 0.3 is 0 Å². The maximum Gasteiger partial charge on any atom is 0.165 e. The molecule has 18 heavy (non-hydrogen) atoms. The monoisotopic (exact) mass is 308 g/mol. The summed E-state index contributed by atoms with van der Waals surface area (Å²) >= 11 is 3.32. The van der Waals surface area contributed by atoms with Crippen molar-refractivity contribution < 1.29 is 9.53 Å². The summed E-state index contributed by atoms with van der Waals surface area (Å²) < 4.78 is 8.20. The number of halogens is 1. The number of hydrogen-bond donors (Lipinski definition) is 0. The molecule has 2 rings (SSSR count). The van der Waals surface area contributed by atoms with Crippen LogP contribution in [0.25, 0.3) is 0 Å². The predicted molar refractivity (Wildman–Crippen MR) is 72.2 cm³/mol. The molecule has 2 aromatic rings. The van der Waals surface area contributed by atoms with E-state index in [9.17, 15) is 4.79 Å². The molecule has 0 fully saturated rings. The van der Waals surface area contributed by atoms with Crippen LogP contribution in [0.3, 0.4) is 0 Å². The van der Waals surface area contributed by atoms with Crippen LogP contribution in [0.1, 0.15) is 30.2 Å². The fourth-order valence-electron chi connectivity index (χ4n) is 1.46. The molecule has 0 saturated heterocycles. The summed E-state index contributed by atoms with van der Waals surface area (Å²) in [6.45, 7) is 4.10. The van der Waals surface area contributed by atoms with Gasteiger partial charge in [0.2, 0.25) is 0 Å². The van der Waals surface area contributed by atoms with E-state index in [1.807, 2.05) is 24.7 Å². The molecule has 0 aliphatic carbocycles. The van der Waals surface area contributed by atoms with Crippen LogP contribution in [0, 0.1) is 0 Å². The molecule has 0 spiro atoms. The van der Waals surface area contributed by atoms with Crippen molar-refractivity contribution in [3.05, 3.63) is 40.6 Å². The zero-order valence-corrected chi connectivity index (χ0v) is 11.7. The molecule has 4 nitrogen and oxygen atoms in total. The Kier molecular flexibility index (Phi) is 3.81. The molecular formula is C13H13BrN2O2. The molecular weight excluding hydrogens is 296 g/mol. The van der Waals surface area contributed by atoms with E-state index in [-0.39, 0.29) is 0 Å². The first-order valence-corrected chi connectivity index (χ1v) is 6.36. The Balaban J connectivity index is 2.17. The highest BCUT2D eigenvalue weighted by Gasteiger charge is 2.05. The summed E-state index contributed by atoms with van der Waals surface area (Å²) in [7, 11) is 0. The van der Waals surface area contributed by atoms with Gasteiger partial charge in [-0.25, -0.2) is 0 Å². The van der Waals surface area contributed by atoms with Crippen LogP contribution in [-0.4, -0.2) is 16.1 Å². The predicted octanol–water partition coefficient (Wildman–Crippen LogP) is 3.83. The molecule has 0 N–H and O–H groups in total. The van der Waals surface area contributed by atoms with Crippen molar-refractivity contribution in [1.29, 1.82) is 0 Å². The maximum absolute atomic E-state index is 10.7. The average Bonchev–Trinajstić information content (AvgIpc) is 2.78. The standard InChI is InChI=1S/C13H13BrN2O2/c1-9(2)16-7-12(6-15-16)18-11-4-3-10(8-17)13(14)5-11/h3-9H,1-2H3. The van der Waals surface area contributed by atoms with Crippen molar-refractivity contribution in [3.8, 4) is 11.5 Å². The molecule has 0 atom stereocenters. The first-order valence-electron chi connectivity index (χ1n) is 5.57. The molecule has 1 heterocycles. The highest BCUT2D eigenvalue weighted by molar-refractivity contribution is 9.10. The molecule has 0 radical (unpaired) electrons. The van der Waals surface area contributed by atoms with Gasteiger partial charge in [-0.1, -0.05) is 0 Å². The van der Waals surface area contributed by atoms with Crippen LogP contribution in [0.5, 0.6) is 11.5 Å². The van der Waals surface area contributed by atoms with Crippen molar-refractivity contribution in [2.75, 3.05) is 0 Å². The molecule has 0 aliphatic rings. The first-order chi connectivity index (χ1) is 8.60. The molecule has 0 unspecified atom stereocenters. The van der Waals surface area contributed by atoms with Crippen LogP contribution in [0.15, 0.2) is 35.1 Å². The van der Waals surface area contributed by atoms with E-state index in [1.165, 1.54) is 0 Å². The number of hydrogen-bond acceptors (Lipinski definition) is 3. The second kappa shape index (κ2) is 5.35. The molecule has 0 aliphatic heterocycles. The largest absolute Gasteiger partial charge is 0.454 e. The zero-order chi connectivity index (χ0) is 13.1. The maximum atomic E-state index is 10.7. The van der Waals surface area contributed by atoms with Crippen LogP contribution in [0.4, 0.5) is 0 Å². The van der Waals surface area contributed by atoms with Crippen LogP contribution in [-0.2, 0) is 0 Å². The normalized spacial score (nSPS) is 10.7. The number of aldehydes is 1. The number of carbonyl (C=O) groups is 1. The number of rotatable bonds is 4. The van der Waals surface area contributed by atoms with Crippen molar-refractivity contribution in [2.45, 2.75) is 19.9 Å². The quantitative estimate of drug-likeness (QED) is 0.806. The minimum Gasteiger partial charge on any atom is -0.454 e. The summed E-state index contributed by atoms with van der Waals surface area (Å²) in [6, 6.07) is 5.52. The lowest BCUT2D eigenvalue weighted by molar-refractivity contribution is 0.112. The third kappa shape index (κ3) is 2.79. The van der Waals surface area contributed by atoms with Gasteiger partial charge in [-0.15, -0.1) is 0 Å². The molecule has 94 valence electrons. The first kappa shape index (κ1) is 12.8. The Hall–Kier alpha value is -1.62. The fraction of sp³-hybridized carbons (Fsp3) is 0.231. The molecule has 1 aromatic heterocycles. The van der Waals surface area contributed by atoms with E-state index in [0.717, 1.165) is 6.29 Å². The highest BCUT2D eigenvalue weighted by Crippen LogP contribution is 2.26. The SMILES string of the molecule is CC(C)n1cc(Oc2ccc(C=O)c(Br)c2)cn1. The van der Waals surface area contributed by atoms with Crippen molar-refractivity contribution >= 4 is 22.2 Å². The van der Waals surface area contributed by atoms with Crippen molar-refractivity contribution in [2.24, 2.45) is 0 Å². The van der Waals surface area contributed by atoms with Gasteiger partial charge in [0, 0.05) is 16.1 Å². The van der Waals surface area contributed by atoms with Gasteiger partial charge in [0.25, 0.3) is 0 Å². The summed E-state index contributed by atoms with van der Waals surface area (Å²) in [6.07, 6.45) is 4.30. The minimum atomic E-state index is 0.298. The van der Waals surface area contributed by atoms with Gasteiger partial charge < -0.3 is 4.74 Å². The molecule has 0 amide bonds. The Morgan fingerprint density at radius 3 is 2.72 bits per heavy atom. The lowest BCUT2D eigenvalue weighted by Gasteiger charge is -2.05. The van der Waals surface area contributed by atoms with E-state index >= 15 is 0 Å². The van der Waals surface area contributed by atoms with Gasteiger partial charge in [-0.3, -0.25) is 9.48 Å². The average molecular weight is 309 g/mol. The van der Waals surface area contributed by atoms with Crippen molar-refractivity contribution in [3.63, 3.8) is 0 Å². The summed E-state index contributed by atoms with van der Waals surface area (Å²) in [5, 5.41) is 4.19. The van der Waals surface area contributed by atoms with Crippen LogP contribution >= 0.6 is 15.9 Å². The van der Waals surface area contributed by atoms with E-state index < -0.39 is 0 Å².